The van der Waals surface area contributed by atoms with Gasteiger partial charge in [-0.2, -0.15) is 4.98 Å². The molecule has 2 heterocycles. The second-order valence-electron chi connectivity index (χ2n) is 6.78. The predicted molar refractivity (Wildman–Crippen MR) is 81.1 cm³/mol. The van der Waals surface area contributed by atoms with Crippen LogP contribution in [0.2, 0.25) is 0 Å². The summed E-state index contributed by atoms with van der Waals surface area (Å²) >= 11 is 0. The second-order valence-corrected chi connectivity index (χ2v) is 9.01. The summed E-state index contributed by atoms with van der Waals surface area (Å²) in [7, 11) is -2.96. The summed E-state index contributed by atoms with van der Waals surface area (Å²) in [6.07, 6.45) is 1.97. The van der Waals surface area contributed by atoms with E-state index in [0.29, 0.717) is 37.4 Å². The Labute approximate surface area is 130 Å². The van der Waals surface area contributed by atoms with Crippen LogP contribution in [-0.4, -0.2) is 42.0 Å². The van der Waals surface area contributed by atoms with Gasteiger partial charge in [0.25, 0.3) is 0 Å². The van der Waals surface area contributed by atoms with E-state index in [1.165, 1.54) is 0 Å². The minimum Gasteiger partial charge on any atom is -0.352 e. The smallest absolute Gasteiger partial charge is 0.226 e. The van der Waals surface area contributed by atoms with Gasteiger partial charge < -0.3 is 9.84 Å². The Morgan fingerprint density at radius 2 is 2.14 bits per heavy atom. The average molecular weight is 329 g/mol. The molecule has 0 saturated carbocycles. The molecule has 124 valence electrons. The van der Waals surface area contributed by atoms with E-state index in [-0.39, 0.29) is 28.9 Å². The van der Waals surface area contributed by atoms with Crippen LogP contribution >= 0.6 is 0 Å². The van der Waals surface area contributed by atoms with Gasteiger partial charge in [0.1, 0.15) is 0 Å². The number of hydrogen-bond acceptors (Lipinski definition) is 6. The molecule has 0 aliphatic carbocycles. The van der Waals surface area contributed by atoms with Crippen molar-refractivity contribution in [3.05, 3.63) is 11.7 Å². The molecule has 8 heteroatoms. The van der Waals surface area contributed by atoms with Crippen LogP contribution in [0.3, 0.4) is 0 Å². The fourth-order valence-corrected chi connectivity index (χ4v) is 3.94. The normalized spacial score (nSPS) is 21.0. The number of nitrogens with one attached hydrogen (secondary N) is 1. The zero-order valence-corrected chi connectivity index (χ0v) is 14.1. The van der Waals surface area contributed by atoms with Crippen molar-refractivity contribution in [3.63, 3.8) is 0 Å². The molecule has 0 aromatic carbocycles. The van der Waals surface area contributed by atoms with E-state index in [1.54, 1.807) is 0 Å². The second kappa shape index (κ2) is 6.36. The highest BCUT2D eigenvalue weighted by Crippen LogP contribution is 2.19. The standard InChI is InChI=1S/C14H23N3O4S/c1-14(2,3)13-16-12(21-17-13)6-4-5-11(18)15-10-7-8-22(19,20)9-10/h10H,4-9H2,1-3H3,(H,15,18). The molecule has 0 radical (unpaired) electrons. The van der Waals surface area contributed by atoms with Crippen molar-refractivity contribution in [1.82, 2.24) is 15.5 Å². The van der Waals surface area contributed by atoms with Crippen molar-refractivity contribution < 1.29 is 17.7 Å². The summed E-state index contributed by atoms with van der Waals surface area (Å²) in [6.45, 7) is 6.01. The van der Waals surface area contributed by atoms with Crippen molar-refractivity contribution in [3.8, 4) is 0 Å². The summed E-state index contributed by atoms with van der Waals surface area (Å²) in [5.41, 5.74) is -0.160. The van der Waals surface area contributed by atoms with Crippen LogP contribution in [0.1, 0.15) is 51.7 Å². The molecule has 1 saturated heterocycles. The van der Waals surface area contributed by atoms with E-state index in [2.05, 4.69) is 15.5 Å². The molecule has 1 amide bonds. The van der Waals surface area contributed by atoms with Gasteiger partial charge >= 0.3 is 0 Å². The van der Waals surface area contributed by atoms with Crippen LogP contribution in [0, 0.1) is 0 Å². The van der Waals surface area contributed by atoms with E-state index in [0.717, 1.165) is 0 Å². The van der Waals surface area contributed by atoms with Crippen molar-refractivity contribution in [2.75, 3.05) is 11.5 Å². The van der Waals surface area contributed by atoms with Crippen LogP contribution < -0.4 is 5.32 Å². The molecule has 1 aromatic rings. The van der Waals surface area contributed by atoms with E-state index < -0.39 is 9.84 Å². The van der Waals surface area contributed by atoms with E-state index in [4.69, 9.17) is 4.52 Å². The highest BCUT2D eigenvalue weighted by Gasteiger charge is 2.28. The molecule has 22 heavy (non-hydrogen) atoms. The molecule has 1 fully saturated rings. The number of sulfone groups is 1. The minimum absolute atomic E-state index is 0.0529. The average Bonchev–Trinajstić information content (AvgIpc) is 2.95. The maximum absolute atomic E-state index is 11.8. The quantitative estimate of drug-likeness (QED) is 0.864. The van der Waals surface area contributed by atoms with E-state index >= 15 is 0 Å². The lowest BCUT2D eigenvalue weighted by molar-refractivity contribution is -0.121. The maximum Gasteiger partial charge on any atom is 0.226 e. The molecule has 1 unspecified atom stereocenters. The highest BCUT2D eigenvalue weighted by atomic mass is 32.2. The molecule has 1 atom stereocenters. The Kier molecular flexibility index (Phi) is 4.89. The number of amides is 1. The van der Waals surface area contributed by atoms with Gasteiger partial charge in [-0.15, -0.1) is 0 Å². The number of aryl methyl sites for hydroxylation is 1. The van der Waals surface area contributed by atoms with E-state index in [9.17, 15) is 13.2 Å². The monoisotopic (exact) mass is 329 g/mol. The van der Waals surface area contributed by atoms with Crippen LogP contribution in [0.15, 0.2) is 4.52 Å². The number of nitrogens with zero attached hydrogens (tertiary/aromatic N) is 2. The summed E-state index contributed by atoms with van der Waals surface area (Å²) < 4.78 is 27.8. The Morgan fingerprint density at radius 3 is 2.68 bits per heavy atom. The van der Waals surface area contributed by atoms with Gasteiger partial charge in [0.05, 0.1) is 11.5 Å². The third-order valence-corrected chi connectivity index (χ3v) is 5.30. The fraction of sp³-hybridized carbons (Fsp3) is 0.786. The third-order valence-electron chi connectivity index (χ3n) is 3.53. The number of aromatic nitrogens is 2. The number of rotatable bonds is 5. The van der Waals surface area contributed by atoms with Gasteiger partial charge in [-0.05, 0) is 12.8 Å². The summed E-state index contributed by atoms with van der Waals surface area (Å²) in [5, 5.41) is 6.70. The first-order valence-corrected chi connectivity index (χ1v) is 9.31. The van der Waals surface area contributed by atoms with Crippen molar-refractivity contribution >= 4 is 15.7 Å². The summed E-state index contributed by atoms with van der Waals surface area (Å²) in [5.74, 6) is 1.27. The SMILES string of the molecule is CC(C)(C)c1noc(CCCC(=O)NC2CCS(=O)(=O)C2)n1. The number of carbonyl (C=O) groups is 1. The Morgan fingerprint density at radius 1 is 1.41 bits per heavy atom. The Hall–Kier alpha value is -1.44. The molecule has 1 aliphatic rings. The van der Waals surface area contributed by atoms with Crippen LogP contribution in [-0.2, 0) is 26.5 Å². The molecule has 1 aromatic heterocycles. The Bertz CT molecular complexity index is 631. The lowest BCUT2D eigenvalue weighted by Crippen LogP contribution is -2.35. The predicted octanol–water partition coefficient (Wildman–Crippen LogP) is 0.993. The lowest BCUT2D eigenvalue weighted by atomic mass is 9.96. The van der Waals surface area contributed by atoms with Crippen LogP contribution in [0.25, 0.3) is 0 Å². The van der Waals surface area contributed by atoms with E-state index in [1.807, 2.05) is 20.8 Å². The maximum atomic E-state index is 11.8. The minimum atomic E-state index is -2.96. The van der Waals surface area contributed by atoms with Crippen LogP contribution in [0.5, 0.6) is 0 Å². The first-order chi connectivity index (χ1) is 10.2. The molecular weight excluding hydrogens is 306 g/mol. The lowest BCUT2D eigenvalue weighted by Gasteiger charge is -2.11. The third kappa shape index (κ3) is 4.79. The van der Waals surface area contributed by atoms with Crippen molar-refractivity contribution in [2.24, 2.45) is 0 Å². The van der Waals surface area contributed by atoms with Crippen LogP contribution in [0.4, 0.5) is 0 Å². The van der Waals surface area contributed by atoms with Crippen molar-refractivity contribution in [2.45, 2.75) is 57.9 Å². The van der Waals surface area contributed by atoms with Gasteiger partial charge in [0, 0.05) is 24.3 Å². The largest absolute Gasteiger partial charge is 0.352 e. The zero-order valence-electron chi connectivity index (χ0n) is 13.3. The Balaban J connectivity index is 1.72. The molecule has 0 spiro atoms. The number of hydrogen-bond donors (Lipinski definition) is 1. The highest BCUT2D eigenvalue weighted by molar-refractivity contribution is 7.91. The number of carbonyl (C=O) groups excluding carboxylic acids is 1. The zero-order chi connectivity index (χ0) is 16.4. The van der Waals surface area contributed by atoms with Gasteiger partial charge in [0.15, 0.2) is 15.7 Å². The van der Waals surface area contributed by atoms with Gasteiger partial charge in [-0.1, -0.05) is 25.9 Å². The molecule has 0 bridgehead atoms. The van der Waals surface area contributed by atoms with Gasteiger partial charge in [-0.25, -0.2) is 8.42 Å². The molecular formula is C14H23N3O4S. The molecule has 2 rings (SSSR count). The first-order valence-electron chi connectivity index (χ1n) is 7.48. The first kappa shape index (κ1) is 16.9. The summed E-state index contributed by atoms with van der Waals surface area (Å²) in [4.78, 5) is 16.1. The topological polar surface area (TPSA) is 102 Å². The molecule has 1 aliphatic heterocycles. The van der Waals surface area contributed by atoms with Gasteiger partial charge in [-0.3, -0.25) is 4.79 Å². The van der Waals surface area contributed by atoms with Crippen molar-refractivity contribution in [1.29, 1.82) is 0 Å². The summed E-state index contributed by atoms with van der Waals surface area (Å²) in [6, 6.07) is -0.242. The molecule has 1 N–H and O–H groups in total. The van der Waals surface area contributed by atoms with Gasteiger partial charge in [0.2, 0.25) is 11.8 Å². The molecule has 7 nitrogen and oxygen atoms in total. The fourth-order valence-electron chi connectivity index (χ4n) is 2.27.